The van der Waals surface area contributed by atoms with Crippen LogP contribution in [0.5, 0.6) is 0 Å². The number of aliphatic hydroxyl groups is 1. The molecule has 1 unspecified atom stereocenters. The van der Waals surface area contributed by atoms with Crippen LogP contribution in [0.1, 0.15) is 38.7 Å². The minimum absolute atomic E-state index is 0.0371. The Kier molecular flexibility index (Phi) is 9.72. The molecule has 1 saturated carbocycles. The first-order valence-electron chi connectivity index (χ1n) is 13.4. The molecule has 13 heteroatoms. The van der Waals surface area contributed by atoms with Gasteiger partial charge in [0.1, 0.15) is 17.2 Å². The van der Waals surface area contributed by atoms with E-state index in [-0.39, 0.29) is 42.5 Å². The van der Waals surface area contributed by atoms with Crippen LogP contribution >= 0.6 is 0 Å². The van der Waals surface area contributed by atoms with Gasteiger partial charge in [0.05, 0.1) is 23.2 Å². The van der Waals surface area contributed by atoms with Crippen molar-refractivity contribution in [2.75, 3.05) is 19.7 Å². The van der Waals surface area contributed by atoms with Crippen molar-refractivity contribution < 1.29 is 32.7 Å². The second kappa shape index (κ2) is 13.0. The molecule has 1 aromatic heterocycles. The standard InChI is InChI=1S/C27H36N4O8S/c1-18(2)16-30(40(36,37)23-12-21(31(34)35)14-28-15-23)17-25(32)24(10-19-6-4-3-5-7-19)29-27(33)39-22-11-20-8-9-38-26(20)13-22/h3-7,12,14-15,18,20,22,24-26,32H,8-11,13,16-17H2,1-2H3,(H,29,33)/t20?,22-,24+,25-,26-/m1/s1. The number of hydrogen-bond donors (Lipinski definition) is 2. The van der Waals surface area contributed by atoms with Gasteiger partial charge < -0.3 is 19.9 Å². The van der Waals surface area contributed by atoms with Gasteiger partial charge in [-0.2, -0.15) is 4.31 Å². The van der Waals surface area contributed by atoms with Crippen LogP contribution in [0.15, 0.2) is 53.7 Å². The van der Waals surface area contributed by atoms with Gasteiger partial charge in [-0.15, -0.1) is 0 Å². The molecule has 2 aliphatic rings. The van der Waals surface area contributed by atoms with Crippen molar-refractivity contribution in [2.24, 2.45) is 11.8 Å². The molecule has 12 nitrogen and oxygen atoms in total. The predicted molar refractivity (Wildman–Crippen MR) is 145 cm³/mol. The smallest absolute Gasteiger partial charge is 0.407 e. The second-order valence-corrected chi connectivity index (χ2v) is 12.8. The van der Waals surface area contributed by atoms with Crippen molar-refractivity contribution in [3.8, 4) is 0 Å². The molecular weight excluding hydrogens is 540 g/mol. The summed E-state index contributed by atoms with van der Waals surface area (Å²) in [5.74, 6) is 0.254. The Morgan fingerprint density at radius 3 is 2.67 bits per heavy atom. The summed E-state index contributed by atoms with van der Waals surface area (Å²) < 4.78 is 39.5. The zero-order chi connectivity index (χ0) is 28.9. The fourth-order valence-corrected chi connectivity index (χ4v) is 6.92. The number of nitrogens with one attached hydrogen (secondary N) is 1. The molecule has 5 atom stereocenters. The normalized spacial score (nSPS) is 22.2. The SMILES string of the molecule is CC(C)CN(C[C@@H](O)[C@H](Cc1ccccc1)NC(=O)O[C@@H]1CC2CCO[C@@H]2C1)S(=O)(=O)c1cncc([N+](=O)[O-])c1. The third kappa shape index (κ3) is 7.53. The fourth-order valence-electron chi connectivity index (χ4n) is 5.31. The van der Waals surface area contributed by atoms with E-state index in [2.05, 4.69) is 10.3 Å². The number of amides is 1. The minimum Gasteiger partial charge on any atom is -0.446 e. The van der Waals surface area contributed by atoms with Crippen LogP contribution in [0.4, 0.5) is 10.5 Å². The minimum atomic E-state index is -4.26. The predicted octanol–water partition coefficient (Wildman–Crippen LogP) is 2.90. The largest absolute Gasteiger partial charge is 0.446 e. The number of hydrogen-bond acceptors (Lipinski definition) is 9. The van der Waals surface area contributed by atoms with E-state index < -0.39 is 38.9 Å². The molecule has 1 aromatic carbocycles. The van der Waals surface area contributed by atoms with E-state index in [1.165, 1.54) is 0 Å². The molecule has 1 aliphatic carbocycles. The van der Waals surface area contributed by atoms with Gasteiger partial charge in [-0.3, -0.25) is 15.1 Å². The summed E-state index contributed by atoms with van der Waals surface area (Å²) in [5, 5.41) is 25.3. The van der Waals surface area contributed by atoms with E-state index in [0.29, 0.717) is 12.3 Å². The maximum absolute atomic E-state index is 13.5. The van der Waals surface area contributed by atoms with Gasteiger partial charge in [0, 0.05) is 38.4 Å². The third-order valence-corrected chi connectivity index (χ3v) is 9.05. The van der Waals surface area contributed by atoms with Crippen LogP contribution in [-0.4, -0.2) is 77.9 Å². The highest BCUT2D eigenvalue weighted by Gasteiger charge is 2.40. The number of pyridine rings is 1. The zero-order valence-electron chi connectivity index (χ0n) is 22.6. The molecule has 0 bridgehead atoms. The van der Waals surface area contributed by atoms with Crippen LogP contribution in [-0.2, 0) is 25.9 Å². The Morgan fingerprint density at radius 1 is 1.25 bits per heavy atom. The lowest BCUT2D eigenvalue weighted by Crippen LogP contribution is -2.51. The lowest BCUT2D eigenvalue weighted by molar-refractivity contribution is -0.385. The zero-order valence-corrected chi connectivity index (χ0v) is 23.4. The molecule has 40 heavy (non-hydrogen) atoms. The summed E-state index contributed by atoms with van der Waals surface area (Å²) in [4.78, 5) is 26.8. The number of ether oxygens (including phenoxy) is 2. The highest BCUT2D eigenvalue weighted by molar-refractivity contribution is 7.89. The molecule has 0 spiro atoms. The van der Waals surface area contributed by atoms with Crippen molar-refractivity contribution >= 4 is 21.8 Å². The summed E-state index contributed by atoms with van der Waals surface area (Å²) in [6, 6.07) is 9.28. The number of sulfonamides is 1. The number of nitrogens with zero attached hydrogens (tertiary/aromatic N) is 3. The number of nitro groups is 1. The van der Waals surface area contributed by atoms with Gasteiger partial charge >= 0.3 is 6.09 Å². The van der Waals surface area contributed by atoms with E-state index in [1.54, 1.807) is 0 Å². The maximum Gasteiger partial charge on any atom is 0.407 e. The average Bonchev–Trinajstić information content (AvgIpc) is 3.50. The Hall–Kier alpha value is -3.13. The number of alkyl carbamates (subject to hydrolysis) is 1. The van der Waals surface area contributed by atoms with Gasteiger partial charge in [-0.1, -0.05) is 44.2 Å². The first-order chi connectivity index (χ1) is 19.0. The fraction of sp³-hybridized carbons (Fsp3) is 0.556. The molecule has 1 saturated heterocycles. The topological polar surface area (TPSA) is 161 Å². The van der Waals surface area contributed by atoms with Crippen molar-refractivity contribution in [3.05, 3.63) is 64.5 Å². The highest BCUT2D eigenvalue weighted by Crippen LogP contribution is 2.37. The van der Waals surface area contributed by atoms with Crippen LogP contribution in [0.25, 0.3) is 0 Å². The number of benzene rings is 1. The van der Waals surface area contributed by atoms with Crippen molar-refractivity contribution in [3.63, 3.8) is 0 Å². The van der Waals surface area contributed by atoms with Gasteiger partial charge in [0.25, 0.3) is 5.69 Å². The number of rotatable bonds is 12. The van der Waals surface area contributed by atoms with Crippen LogP contribution < -0.4 is 5.32 Å². The molecule has 1 aliphatic heterocycles. The van der Waals surface area contributed by atoms with Crippen molar-refractivity contribution in [1.29, 1.82) is 0 Å². The van der Waals surface area contributed by atoms with E-state index in [9.17, 15) is 28.4 Å². The van der Waals surface area contributed by atoms with Crippen molar-refractivity contribution in [1.82, 2.24) is 14.6 Å². The second-order valence-electron chi connectivity index (χ2n) is 10.8. The molecule has 2 fully saturated rings. The van der Waals surface area contributed by atoms with Crippen LogP contribution in [0.3, 0.4) is 0 Å². The van der Waals surface area contributed by atoms with Gasteiger partial charge in [0.15, 0.2) is 0 Å². The first-order valence-corrected chi connectivity index (χ1v) is 14.9. The monoisotopic (exact) mass is 576 g/mol. The van der Waals surface area contributed by atoms with Crippen LogP contribution in [0, 0.1) is 22.0 Å². The van der Waals surface area contributed by atoms with E-state index in [0.717, 1.165) is 47.8 Å². The maximum atomic E-state index is 13.5. The summed E-state index contributed by atoms with van der Waals surface area (Å²) >= 11 is 0. The van der Waals surface area contributed by atoms with Crippen molar-refractivity contribution in [2.45, 2.75) is 68.8 Å². The molecular formula is C27H36N4O8S. The number of carbonyl (C=O) groups is 1. The van der Waals surface area contributed by atoms with E-state index >= 15 is 0 Å². The number of carbonyl (C=O) groups excluding carboxylic acids is 1. The molecule has 2 aromatic rings. The molecule has 0 radical (unpaired) electrons. The molecule has 2 N–H and O–H groups in total. The first kappa shape index (κ1) is 29.8. The Balaban J connectivity index is 1.51. The summed E-state index contributed by atoms with van der Waals surface area (Å²) in [5.41, 5.74) is 0.371. The lowest BCUT2D eigenvalue weighted by atomic mass is 10.0. The number of aliphatic hydroxyl groups excluding tert-OH is 1. The number of fused-ring (bicyclic) bond motifs is 1. The van der Waals surface area contributed by atoms with Crippen LogP contribution in [0.2, 0.25) is 0 Å². The summed E-state index contributed by atoms with van der Waals surface area (Å²) in [7, 11) is -4.26. The quantitative estimate of drug-likeness (QED) is 0.286. The lowest BCUT2D eigenvalue weighted by Gasteiger charge is -2.30. The van der Waals surface area contributed by atoms with E-state index in [1.807, 2.05) is 44.2 Å². The Morgan fingerprint density at radius 2 is 2.00 bits per heavy atom. The summed E-state index contributed by atoms with van der Waals surface area (Å²) in [6.07, 6.45) is 2.33. The molecule has 1 amide bonds. The van der Waals surface area contributed by atoms with Gasteiger partial charge in [-0.05, 0) is 36.7 Å². The molecule has 218 valence electrons. The summed E-state index contributed by atoms with van der Waals surface area (Å²) in [6.45, 7) is 4.04. The average molecular weight is 577 g/mol. The third-order valence-electron chi connectivity index (χ3n) is 7.25. The van der Waals surface area contributed by atoms with Gasteiger partial charge in [-0.25, -0.2) is 13.2 Å². The van der Waals surface area contributed by atoms with E-state index in [4.69, 9.17) is 9.47 Å². The highest BCUT2D eigenvalue weighted by atomic mass is 32.2. The Bertz CT molecular complexity index is 1260. The Labute approximate surface area is 233 Å². The number of aromatic nitrogens is 1. The molecule has 4 rings (SSSR count). The van der Waals surface area contributed by atoms with Gasteiger partial charge in [0.2, 0.25) is 10.0 Å². The molecule has 2 heterocycles.